The fourth-order valence-electron chi connectivity index (χ4n) is 1.80. The SMILES string of the molecule is Cn1cc(CNCC(O)c2ccc(F)cc2F)cn1. The molecule has 0 fully saturated rings. The maximum atomic E-state index is 13.4. The Bertz CT molecular complexity index is 557. The Morgan fingerprint density at radius 1 is 1.42 bits per heavy atom. The van der Waals surface area contributed by atoms with Gasteiger partial charge in [0.2, 0.25) is 0 Å². The summed E-state index contributed by atoms with van der Waals surface area (Å²) in [6, 6.07) is 3.14. The summed E-state index contributed by atoms with van der Waals surface area (Å²) in [6.45, 7) is 0.700. The summed E-state index contributed by atoms with van der Waals surface area (Å²) >= 11 is 0. The normalized spacial score (nSPS) is 12.6. The van der Waals surface area contributed by atoms with Crippen molar-refractivity contribution >= 4 is 0 Å². The highest BCUT2D eigenvalue weighted by atomic mass is 19.1. The second-order valence-corrected chi connectivity index (χ2v) is 4.33. The van der Waals surface area contributed by atoms with Gasteiger partial charge in [0.25, 0.3) is 0 Å². The molecule has 2 aromatic rings. The van der Waals surface area contributed by atoms with Gasteiger partial charge in [-0.2, -0.15) is 5.10 Å². The summed E-state index contributed by atoms with van der Waals surface area (Å²) < 4.78 is 27.8. The van der Waals surface area contributed by atoms with Crippen LogP contribution in [0.1, 0.15) is 17.2 Å². The first-order valence-corrected chi connectivity index (χ1v) is 5.87. The van der Waals surface area contributed by atoms with Crippen molar-refractivity contribution in [2.45, 2.75) is 12.6 Å². The molecule has 0 aliphatic carbocycles. The second-order valence-electron chi connectivity index (χ2n) is 4.33. The molecule has 1 unspecified atom stereocenters. The zero-order valence-electron chi connectivity index (χ0n) is 10.5. The van der Waals surface area contributed by atoms with Gasteiger partial charge in [-0.05, 0) is 6.07 Å². The van der Waals surface area contributed by atoms with Crippen LogP contribution in [0.3, 0.4) is 0 Å². The number of hydrogen-bond acceptors (Lipinski definition) is 3. The minimum atomic E-state index is -1.02. The van der Waals surface area contributed by atoms with E-state index >= 15 is 0 Å². The van der Waals surface area contributed by atoms with Crippen LogP contribution < -0.4 is 5.32 Å². The number of nitrogens with one attached hydrogen (secondary N) is 1. The molecule has 19 heavy (non-hydrogen) atoms. The number of rotatable bonds is 5. The molecule has 0 aliphatic heterocycles. The summed E-state index contributed by atoms with van der Waals surface area (Å²) in [4.78, 5) is 0. The second kappa shape index (κ2) is 5.90. The first kappa shape index (κ1) is 13.6. The molecule has 1 aromatic carbocycles. The van der Waals surface area contributed by atoms with E-state index in [0.29, 0.717) is 6.54 Å². The zero-order valence-corrected chi connectivity index (χ0v) is 10.5. The first-order valence-electron chi connectivity index (χ1n) is 5.87. The van der Waals surface area contributed by atoms with E-state index in [4.69, 9.17) is 0 Å². The Morgan fingerprint density at radius 3 is 2.84 bits per heavy atom. The molecule has 4 nitrogen and oxygen atoms in total. The fraction of sp³-hybridized carbons (Fsp3) is 0.308. The molecule has 0 saturated heterocycles. The summed E-state index contributed by atoms with van der Waals surface area (Å²) in [5, 5.41) is 16.8. The molecule has 2 N–H and O–H groups in total. The topological polar surface area (TPSA) is 50.1 Å². The molecule has 6 heteroatoms. The molecule has 1 aromatic heterocycles. The molecule has 102 valence electrons. The van der Waals surface area contributed by atoms with Gasteiger partial charge in [0.05, 0.1) is 12.3 Å². The number of benzene rings is 1. The number of halogens is 2. The van der Waals surface area contributed by atoms with Crippen molar-refractivity contribution in [3.8, 4) is 0 Å². The number of aliphatic hydroxyl groups is 1. The molecule has 0 spiro atoms. The van der Waals surface area contributed by atoms with Gasteiger partial charge in [-0.3, -0.25) is 4.68 Å². The van der Waals surface area contributed by atoms with Gasteiger partial charge in [0.1, 0.15) is 11.6 Å². The minimum absolute atomic E-state index is 0.0834. The van der Waals surface area contributed by atoms with Crippen LogP contribution in [0, 0.1) is 11.6 Å². The van der Waals surface area contributed by atoms with Gasteiger partial charge < -0.3 is 10.4 Å². The molecule has 0 amide bonds. The maximum absolute atomic E-state index is 13.4. The highest BCUT2D eigenvalue weighted by molar-refractivity contribution is 5.21. The van der Waals surface area contributed by atoms with Crippen LogP contribution in [0.5, 0.6) is 0 Å². The predicted molar refractivity (Wildman–Crippen MR) is 66.2 cm³/mol. The zero-order chi connectivity index (χ0) is 13.8. The molecular weight excluding hydrogens is 252 g/mol. The largest absolute Gasteiger partial charge is 0.387 e. The fourth-order valence-corrected chi connectivity index (χ4v) is 1.80. The third-order valence-corrected chi connectivity index (χ3v) is 2.75. The first-order chi connectivity index (χ1) is 9.06. The lowest BCUT2D eigenvalue weighted by Gasteiger charge is -2.12. The number of aliphatic hydroxyl groups excluding tert-OH is 1. The van der Waals surface area contributed by atoms with Crippen molar-refractivity contribution in [1.29, 1.82) is 0 Å². The highest BCUT2D eigenvalue weighted by Crippen LogP contribution is 2.17. The number of nitrogens with zero attached hydrogens (tertiary/aromatic N) is 2. The van der Waals surface area contributed by atoms with E-state index in [1.54, 1.807) is 10.9 Å². The standard InChI is InChI=1S/C13H15F2N3O/c1-18-8-9(6-17-18)5-16-7-13(19)11-3-2-10(14)4-12(11)15/h2-4,6,8,13,16,19H,5,7H2,1H3. The summed E-state index contributed by atoms with van der Waals surface area (Å²) in [7, 11) is 1.81. The Morgan fingerprint density at radius 2 is 2.21 bits per heavy atom. The van der Waals surface area contributed by atoms with Crippen molar-refractivity contribution in [3.05, 3.63) is 53.4 Å². The highest BCUT2D eigenvalue weighted by Gasteiger charge is 2.13. The van der Waals surface area contributed by atoms with Crippen LogP contribution in [-0.4, -0.2) is 21.4 Å². The lowest BCUT2D eigenvalue weighted by Crippen LogP contribution is -2.21. The molecule has 0 saturated carbocycles. The average Bonchev–Trinajstić information content (AvgIpc) is 2.75. The quantitative estimate of drug-likeness (QED) is 0.863. The van der Waals surface area contributed by atoms with E-state index in [0.717, 1.165) is 17.7 Å². The third-order valence-electron chi connectivity index (χ3n) is 2.75. The Kier molecular flexibility index (Phi) is 4.24. The van der Waals surface area contributed by atoms with E-state index in [1.807, 2.05) is 13.2 Å². The van der Waals surface area contributed by atoms with Crippen molar-refractivity contribution < 1.29 is 13.9 Å². The van der Waals surface area contributed by atoms with Gasteiger partial charge >= 0.3 is 0 Å². The van der Waals surface area contributed by atoms with E-state index < -0.39 is 17.7 Å². The van der Waals surface area contributed by atoms with Crippen LogP contribution >= 0.6 is 0 Å². The van der Waals surface area contributed by atoms with E-state index in [1.165, 1.54) is 6.07 Å². The van der Waals surface area contributed by atoms with Gasteiger partial charge in [0, 0.05) is 43.5 Å². The monoisotopic (exact) mass is 267 g/mol. The molecule has 2 rings (SSSR count). The predicted octanol–water partition coefficient (Wildman–Crippen LogP) is 1.52. The van der Waals surface area contributed by atoms with Crippen molar-refractivity contribution in [2.24, 2.45) is 7.05 Å². The van der Waals surface area contributed by atoms with Crippen LogP contribution in [0.15, 0.2) is 30.6 Å². The van der Waals surface area contributed by atoms with Crippen molar-refractivity contribution in [2.75, 3.05) is 6.54 Å². The number of aryl methyl sites for hydroxylation is 1. The van der Waals surface area contributed by atoms with Crippen molar-refractivity contribution in [3.63, 3.8) is 0 Å². The smallest absolute Gasteiger partial charge is 0.131 e. The van der Waals surface area contributed by atoms with Gasteiger partial charge in [-0.1, -0.05) is 6.07 Å². The van der Waals surface area contributed by atoms with Gasteiger partial charge in [0.15, 0.2) is 0 Å². The van der Waals surface area contributed by atoms with E-state index in [2.05, 4.69) is 10.4 Å². The molecule has 0 aliphatic rings. The van der Waals surface area contributed by atoms with Crippen molar-refractivity contribution in [1.82, 2.24) is 15.1 Å². The third kappa shape index (κ3) is 3.59. The molecule has 1 atom stereocenters. The van der Waals surface area contributed by atoms with E-state index in [-0.39, 0.29) is 12.1 Å². The lowest BCUT2D eigenvalue weighted by atomic mass is 10.1. The molecular formula is C13H15F2N3O. The van der Waals surface area contributed by atoms with Crippen LogP contribution in [0.4, 0.5) is 8.78 Å². The van der Waals surface area contributed by atoms with Crippen LogP contribution in [0.25, 0.3) is 0 Å². The van der Waals surface area contributed by atoms with E-state index in [9.17, 15) is 13.9 Å². The summed E-state index contributed by atoms with van der Waals surface area (Å²) in [5.74, 6) is -1.40. The molecule has 0 bridgehead atoms. The average molecular weight is 267 g/mol. The molecule has 0 radical (unpaired) electrons. The number of aromatic nitrogens is 2. The Hall–Kier alpha value is -1.79. The summed E-state index contributed by atoms with van der Waals surface area (Å²) in [6.07, 6.45) is 2.53. The van der Waals surface area contributed by atoms with Gasteiger partial charge in [-0.15, -0.1) is 0 Å². The Balaban J connectivity index is 1.88. The number of hydrogen-bond donors (Lipinski definition) is 2. The Labute approximate surface area is 109 Å². The summed E-state index contributed by atoms with van der Waals surface area (Å²) in [5.41, 5.74) is 1.05. The lowest BCUT2D eigenvalue weighted by molar-refractivity contribution is 0.169. The minimum Gasteiger partial charge on any atom is -0.387 e. The molecule has 1 heterocycles. The van der Waals surface area contributed by atoms with Crippen LogP contribution in [0.2, 0.25) is 0 Å². The van der Waals surface area contributed by atoms with Gasteiger partial charge in [-0.25, -0.2) is 8.78 Å². The maximum Gasteiger partial charge on any atom is 0.131 e. The van der Waals surface area contributed by atoms with Crippen LogP contribution in [-0.2, 0) is 13.6 Å².